The van der Waals surface area contributed by atoms with Crippen LogP contribution < -0.4 is 0 Å². The summed E-state index contributed by atoms with van der Waals surface area (Å²) in [5.41, 5.74) is 0.429. The van der Waals surface area contributed by atoms with Gasteiger partial charge in [-0.3, -0.25) is 5.41 Å². The summed E-state index contributed by atoms with van der Waals surface area (Å²) >= 11 is 12.6. The molecule has 8 heteroatoms. The summed E-state index contributed by atoms with van der Waals surface area (Å²) in [7, 11) is 0. The minimum Gasteiger partial charge on any atom is -0.512 e. The lowest BCUT2D eigenvalue weighted by Gasteiger charge is -2.33. The van der Waals surface area contributed by atoms with E-state index in [0.29, 0.717) is 27.7 Å². The fourth-order valence-electron chi connectivity index (χ4n) is 4.61. The zero-order chi connectivity index (χ0) is 23.2. The molecule has 3 fully saturated rings. The van der Waals surface area contributed by atoms with E-state index < -0.39 is 5.60 Å². The third-order valence-electron chi connectivity index (χ3n) is 6.33. The smallest absolute Gasteiger partial charge is 0.410 e. The highest BCUT2D eigenvalue weighted by Crippen LogP contribution is 2.42. The largest absolute Gasteiger partial charge is 0.512 e. The average Bonchev–Trinajstić information content (AvgIpc) is 3.36. The second-order valence-electron chi connectivity index (χ2n) is 9.98. The first-order chi connectivity index (χ1) is 15.0. The summed E-state index contributed by atoms with van der Waals surface area (Å²) in [6.45, 7) is 6.32. The number of hydrogen-bond donors (Lipinski definition) is 2. The number of hydrogen-bond acceptors (Lipinski definition) is 5. The van der Waals surface area contributed by atoms with E-state index in [1.165, 1.54) is 0 Å². The number of carbonyl (C=O) groups is 1. The van der Waals surface area contributed by atoms with Gasteiger partial charge in [0.2, 0.25) is 0 Å². The number of benzene rings is 1. The third-order valence-corrected chi connectivity index (χ3v) is 6.96. The first-order valence-electron chi connectivity index (χ1n) is 11.1. The summed E-state index contributed by atoms with van der Waals surface area (Å²) < 4.78 is 11.8. The van der Waals surface area contributed by atoms with Gasteiger partial charge in [0, 0.05) is 35.6 Å². The number of amides is 1. The van der Waals surface area contributed by atoms with Crippen molar-refractivity contribution in [3.8, 4) is 0 Å². The normalized spacial score (nSPS) is 25.7. The number of piperidine rings is 1. The average molecular weight is 481 g/mol. The molecule has 1 saturated heterocycles. The van der Waals surface area contributed by atoms with Gasteiger partial charge in [0.25, 0.3) is 0 Å². The van der Waals surface area contributed by atoms with Crippen molar-refractivity contribution in [3.05, 3.63) is 45.1 Å². The first-order valence-corrected chi connectivity index (χ1v) is 11.9. The SMILES string of the molecule is CC(C)(C)OC(=O)N1CC2CC1CC2OC/C(C(=N)c1c(Cl)cccc1Cl)=C(/O)C1CC1. The monoisotopic (exact) mass is 480 g/mol. The number of aliphatic hydroxyl groups is 1. The van der Waals surface area contributed by atoms with E-state index in [1.54, 1.807) is 23.1 Å². The van der Waals surface area contributed by atoms with Crippen LogP contribution in [0.4, 0.5) is 4.79 Å². The van der Waals surface area contributed by atoms with Crippen LogP contribution in [0.25, 0.3) is 0 Å². The minimum absolute atomic E-state index is 0.0322. The minimum atomic E-state index is -0.519. The molecule has 1 aliphatic heterocycles. The van der Waals surface area contributed by atoms with E-state index in [-0.39, 0.29) is 48.2 Å². The number of nitrogens with one attached hydrogen (secondary N) is 1. The quantitative estimate of drug-likeness (QED) is 0.386. The highest BCUT2D eigenvalue weighted by molar-refractivity contribution is 6.41. The maximum absolute atomic E-state index is 12.5. The van der Waals surface area contributed by atoms with Crippen molar-refractivity contribution in [2.24, 2.45) is 11.8 Å². The number of fused-ring (bicyclic) bond motifs is 2. The number of ether oxygens (including phenoxy) is 2. The van der Waals surface area contributed by atoms with Crippen LogP contribution in [-0.2, 0) is 9.47 Å². The second-order valence-corrected chi connectivity index (χ2v) is 10.8. The van der Waals surface area contributed by atoms with Crippen LogP contribution in [0.1, 0.15) is 52.0 Å². The topological polar surface area (TPSA) is 82.8 Å². The number of likely N-dealkylation sites (tertiary alicyclic amines) is 1. The number of allylic oxidation sites excluding steroid dienone is 1. The van der Waals surface area contributed by atoms with Crippen LogP contribution >= 0.6 is 23.2 Å². The molecule has 3 atom stereocenters. The van der Waals surface area contributed by atoms with Gasteiger partial charge >= 0.3 is 6.09 Å². The second kappa shape index (κ2) is 8.88. The molecular weight excluding hydrogens is 451 g/mol. The van der Waals surface area contributed by atoms with Crippen molar-refractivity contribution in [2.75, 3.05) is 13.2 Å². The van der Waals surface area contributed by atoms with Crippen LogP contribution in [0.5, 0.6) is 0 Å². The zero-order valence-corrected chi connectivity index (χ0v) is 20.2. The molecule has 0 aromatic heterocycles. The van der Waals surface area contributed by atoms with Crippen LogP contribution in [0.3, 0.4) is 0 Å². The first kappa shape index (κ1) is 23.4. The predicted octanol–water partition coefficient (Wildman–Crippen LogP) is 6.00. The standard InChI is InChI=1S/C24H30Cl2N2O4/c1-24(2,3)32-23(30)28-11-14-9-15(28)10-19(14)31-12-16(22(29)13-7-8-13)21(27)20-17(25)5-4-6-18(20)26/h4-6,13-15,19,27,29H,7-12H2,1-3H3/b22-16-,27-21?. The zero-order valence-electron chi connectivity index (χ0n) is 18.7. The maximum Gasteiger partial charge on any atom is 0.410 e. The molecule has 1 aromatic rings. The summed E-state index contributed by atoms with van der Waals surface area (Å²) in [4.78, 5) is 14.3. The summed E-state index contributed by atoms with van der Waals surface area (Å²) in [5.74, 6) is 0.484. The highest BCUT2D eigenvalue weighted by atomic mass is 35.5. The van der Waals surface area contributed by atoms with Gasteiger partial charge in [-0.1, -0.05) is 29.3 Å². The molecular formula is C24H30Cl2N2O4. The molecule has 2 bridgehead atoms. The number of halogens is 2. The van der Waals surface area contributed by atoms with Crippen LogP contribution in [0.15, 0.2) is 29.5 Å². The van der Waals surface area contributed by atoms with Crippen molar-refractivity contribution < 1.29 is 19.4 Å². The van der Waals surface area contributed by atoms with Crippen molar-refractivity contribution in [3.63, 3.8) is 0 Å². The Morgan fingerprint density at radius 1 is 1.22 bits per heavy atom. The summed E-state index contributed by atoms with van der Waals surface area (Å²) in [6.07, 6.45) is 3.10. The summed E-state index contributed by atoms with van der Waals surface area (Å²) in [5, 5.41) is 20.3. The van der Waals surface area contributed by atoms with Gasteiger partial charge in [-0.25, -0.2) is 4.79 Å². The molecule has 32 heavy (non-hydrogen) atoms. The van der Waals surface area contributed by atoms with Gasteiger partial charge < -0.3 is 19.5 Å². The molecule has 6 nitrogen and oxygen atoms in total. The van der Waals surface area contributed by atoms with Crippen LogP contribution in [0, 0.1) is 17.2 Å². The fraction of sp³-hybridized carbons (Fsp3) is 0.583. The van der Waals surface area contributed by atoms with E-state index in [4.69, 9.17) is 38.1 Å². The summed E-state index contributed by atoms with van der Waals surface area (Å²) in [6, 6.07) is 5.20. The Morgan fingerprint density at radius 3 is 2.41 bits per heavy atom. The maximum atomic E-state index is 12.5. The third kappa shape index (κ3) is 4.92. The number of rotatable bonds is 6. The molecule has 1 heterocycles. The number of nitrogens with zero attached hydrogens (tertiary/aromatic N) is 1. The number of aliphatic hydroxyl groups excluding tert-OH is 1. The molecule has 1 amide bonds. The van der Waals surface area contributed by atoms with Crippen LogP contribution in [-0.4, -0.2) is 52.7 Å². The van der Waals surface area contributed by atoms with Crippen molar-refractivity contribution >= 4 is 35.0 Å². The van der Waals surface area contributed by atoms with Crippen molar-refractivity contribution in [2.45, 2.75) is 64.2 Å². The van der Waals surface area contributed by atoms with Gasteiger partial charge in [-0.2, -0.15) is 0 Å². The Hall–Kier alpha value is -1.76. The molecule has 174 valence electrons. The van der Waals surface area contributed by atoms with Gasteiger partial charge in [-0.05, 0) is 58.6 Å². The van der Waals surface area contributed by atoms with Gasteiger partial charge in [0.05, 0.1) is 28.5 Å². The Morgan fingerprint density at radius 2 is 1.88 bits per heavy atom. The molecule has 4 rings (SSSR count). The van der Waals surface area contributed by atoms with E-state index in [0.717, 1.165) is 25.7 Å². The molecule has 2 aliphatic carbocycles. The highest BCUT2D eigenvalue weighted by Gasteiger charge is 2.48. The van der Waals surface area contributed by atoms with E-state index in [2.05, 4.69) is 0 Å². The van der Waals surface area contributed by atoms with Crippen LogP contribution in [0.2, 0.25) is 10.0 Å². The Balaban J connectivity index is 1.44. The van der Waals surface area contributed by atoms with Crippen molar-refractivity contribution in [1.29, 1.82) is 5.41 Å². The molecule has 0 radical (unpaired) electrons. The van der Waals surface area contributed by atoms with E-state index in [9.17, 15) is 9.90 Å². The lowest BCUT2D eigenvalue weighted by atomic mass is 9.99. The van der Waals surface area contributed by atoms with Gasteiger partial charge in [0.1, 0.15) is 11.4 Å². The van der Waals surface area contributed by atoms with E-state index >= 15 is 0 Å². The fourth-order valence-corrected chi connectivity index (χ4v) is 5.20. The van der Waals surface area contributed by atoms with E-state index in [1.807, 2.05) is 20.8 Å². The Labute approximate surface area is 199 Å². The van der Waals surface area contributed by atoms with Gasteiger partial charge in [-0.15, -0.1) is 0 Å². The lowest BCUT2D eigenvalue weighted by Crippen LogP contribution is -2.44. The molecule has 0 spiro atoms. The number of carbonyl (C=O) groups excluding carboxylic acids is 1. The molecule has 1 aromatic carbocycles. The van der Waals surface area contributed by atoms with Crippen molar-refractivity contribution in [1.82, 2.24) is 4.90 Å². The molecule has 2 N–H and O–H groups in total. The molecule has 2 saturated carbocycles. The Kier molecular flexibility index (Phi) is 6.49. The lowest BCUT2D eigenvalue weighted by molar-refractivity contribution is -0.00931. The molecule has 3 aliphatic rings. The van der Waals surface area contributed by atoms with Gasteiger partial charge in [0.15, 0.2) is 0 Å². The molecule has 3 unspecified atom stereocenters. The Bertz CT molecular complexity index is 932. The predicted molar refractivity (Wildman–Crippen MR) is 125 cm³/mol.